The number of anilines is 2. The van der Waals surface area contributed by atoms with Crippen molar-refractivity contribution in [3.05, 3.63) is 95.1 Å². The summed E-state index contributed by atoms with van der Waals surface area (Å²) in [5.41, 5.74) is 8.74. The number of nitrogens with one attached hydrogen (secondary N) is 2. The number of nitriles is 2. The van der Waals surface area contributed by atoms with Crippen molar-refractivity contribution in [1.29, 1.82) is 10.5 Å². The first-order valence-electron chi connectivity index (χ1n) is 9.61. The molecule has 0 atom stereocenters. The highest BCUT2D eigenvalue weighted by Crippen LogP contribution is 2.25. The van der Waals surface area contributed by atoms with E-state index in [9.17, 15) is 0 Å². The molecular formula is C24H16N8. The van der Waals surface area contributed by atoms with Crippen LogP contribution in [0.15, 0.2) is 83.0 Å². The lowest BCUT2D eigenvalue weighted by Crippen LogP contribution is -2.01. The number of rotatable bonds is 6. The van der Waals surface area contributed by atoms with Gasteiger partial charge in [-0.25, -0.2) is 0 Å². The number of hydrogen-bond acceptors (Lipinski definition) is 8. The number of hydrazone groups is 2. The van der Waals surface area contributed by atoms with E-state index in [-0.39, 0.29) is 0 Å². The summed E-state index contributed by atoms with van der Waals surface area (Å²) in [6, 6.07) is 26.0. The van der Waals surface area contributed by atoms with Crippen molar-refractivity contribution in [2.24, 2.45) is 10.2 Å². The zero-order valence-electron chi connectivity index (χ0n) is 16.8. The first-order chi connectivity index (χ1) is 15.8. The van der Waals surface area contributed by atoms with Gasteiger partial charge in [0.2, 0.25) is 0 Å². The number of benzene rings is 3. The van der Waals surface area contributed by atoms with Crippen molar-refractivity contribution in [2.45, 2.75) is 0 Å². The van der Waals surface area contributed by atoms with Gasteiger partial charge in [-0.1, -0.05) is 48.5 Å². The standard InChI is InChI=1S/C24H16N8/c25-13-17-5-9-19(10-6-17)15-27-29-23-21-3-1-2-4-22(21)24(32-31-23)30-28-16-20-11-7-18(14-26)8-12-20/h1-12,15-16H,(H,29,31)(H,30,32)/b27-15+,28-16+. The van der Waals surface area contributed by atoms with E-state index < -0.39 is 0 Å². The SMILES string of the molecule is N#Cc1ccc(/C=N/Nc2nnc(N/N=C/c3ccc(C#N)cc3)c3ccccc23)cc1. The van der Waals surface area contributed by atoms with Gasteiger partial charge in [0.1, 0.15) is 0 Å². The van der Waals surface area contributed by atoms with Crippen molar-refractivity contribution in [3.63, 3.8) is 0 Å². The summed E-state index contributed by atoms with van der Waals surface area (Å²) in [5.74, 6) is 1.01. The van der Waals surface area contributed by atoms with E-state index >= 15 is 0 Å². The van der Waals surface area contributed by atoms with Gasteiger partial charge in [0.25, 0.3) is 0 Å². The Morgan fingerprint density at radius 1 is 0.625 bits per heavy atom. The maximum Gasteiger partial charge on any atom is 0.176 e. The third-order valence-corrected chi connectivity index (χ3v) is 4.54. The maximum absolute atomic E-state index is 8.87. The van der Waals surface area contributed by atoms with Crippen molar-refractivity contribution in [3.8, 4) is 12.1 Å². The summed E-state index contributed by atoms with van der Waals surface area (Å²) in [6.07, 6.45) is 3.29. The monoisotopic (exact) mass is 416 g/mol. The molecule has 32 heavy (non-hydrogen) atoms. The first-order valence-corrected chi connectivity index (χ1v) is 9.61. The fourth-order valence-electron chi connectivity index (χ4n) is 2.89. The molecule has 0 amide bonds. The molecular weight excluding hydrogens is 400 g/mol. The molecule has 0 fully saturated rings. The van der Waals surface area contributed by atoms with E-state index in [2.05, 4.69) is 43.4 Å². The van der Waals surface area contributed by atoms with E-state index in [1.807, 2.05) is 48.5 Å². The summed E-state index contributed by atoms with van der Waals surface area (Å²) in [4.78, 5) is 0. The van der Waals surface area contributed by atoms with E-state index in [0.717, 1.165) is 21.9 Å². The van der Waals surface area contributed by atoms with E-state index in [1.54, 1.807) is 36.7 Å². The number of aromatic nitrogens is 2. The molecule has 8 heteroatoms. The lowest BCUT2D eigenvalue weighted by atomic mass is 10.2. The minimum atomic E-state index is 0.507. The lowest BCUT2D eigenvalue weighted by molar-refractivity contribution is 1.03. The Morgan fingerprint density at radius 3 is 1.41 bits per heavy atom. The zero-order valence-corrected chi connectivity index (χ0v) is 16.8. The van der Waals surface area contributed by atoms with Crippen molar-refractivity contribution < 1.29 is 0 Å². The Morgan fingerprint density at radius 2 is 1.03 bits per heavy atom. The molecule has 0 bridgehead atoms. The molecule has 4 rings (SSSR count). The van der Waals surface area contributed by atoms with Crippen LogP contribution >= 0.6 is 0 Å². The molecule has 0 aliphatic heterocycles. The number of hydrogen-bond donors (Lipinski definition) is 2. The van der Waals surface area contributed by atoms with Crippen LogP contribution in [0.25, 0.3) is 10.8 Å². The molecule has 2 N–H and O–H groups in total. The van der Waals surface area contributed by atoms with Crippen molar-refractivity contribution >= 4 is 34.8 Å². The number of fused-ring (bicyclic) bond motifs is 1. The molecule has 3 aromatic carbocycles. The number of nitrogens with zero attached hydrogens (tertiary/aromatic N) is 6. The van der Waals surface area contributed by atoms with Gasteiger partial charge in [0, 0.05) is 10.8 Å². The van der Waals surface area contributed by atoms with E-state index in [4.69, 9.17) is 10.5 Å². The van der Waals surface area contributed by atoms with Crippen LogP contribution in [-0.2, 0) is 0 Å². The highest BCUT2D eigenvalue weighted by atomic mass is 15.4. The quantitative estimate of drug-likeness (QED) is 0.358. The minimum absolute atomic E-state index is 0.507. The third kappa shape index (κ3) is 4.73. The van der Waals surface area contributed by atoms with Crippen LogP contribution in [0.2, 0.25) is 0 Å². The summed E-state index contributed by atoms with van der Waals surface area (Å²) in [6.45, 7) is 0. The Labute approximate surface area is 184 Å². The highest BCUT2D eigenvalue weighted by Gasteiger charge is 2.08. The molecule has 0 radical (unpaired) electrons. The molecule has 0 unspecified atom stereocenters. The Bertz CT molecular complexity index is 1270. The van der Waals surface area contributed by atoms with Crippen LogP contribution in [0.4, 0.5) is 11.6 Å². The van der Waals surface area contributed by atoms with Crippen molar-refractivity contribution in [1.82, 2.24) is 10.2 Å². The fraction of sp³-hybridized carbons (Fsp3) is 0. The average molecular weight is 416 g/mol. The molecule has 0 saturated carbocycles. The van der Waals surface area contributed by atoms with Crippen LogP contribution in [0.5, 0.6) is 0 Å². The van der Waals surface area contributed by atoms with Gasteiger partial charge in [0.05, 0.1) is 35.7 Å². The second-order valence-electron chi connectivity index (χ2n) is 6.65. The van der Waals surface area contributed by atoms with Gasteiger partial charge in [-0.3, -0.25) is 10.9 Å². The summed E-state index contributed by atoms with van der Waals surface area (Å²) < 4.78 is 0. The molecule has 4 aromatic rings. The Hall–Kier alpha value is -5.08. The summed E-state index contributed by atoms with van der Waals surface area (Å²) >= 11 is 0. The van der Waals surface area contributed by atoms with Crippen LogP contribution in [0.1, 0.15) is 22.3 Å². The molecule has 152 valence electrons. The maximum atomic E-state index is 8.87. The largest absolute Gasteiger partial charge is 0.259 e. The van der Waals surface area contributed by atoms with Gasteiger partial charge >= 0.3 is 0 Å². The third-order valence-electron chi connectivity index (χ3n) is 4.54. The molecule has 0 saturated heterocycles. The summed E-state index contributed by atoms with van der Waals surface area (Å²) in [5, 5.41) is 36.3. The second kappa shape index (κ2) is 9.61. The first kappa shape index (κ1) is 20.2. The van der Waals surface area contributed by atoms with Gasteiger partial charge in [-0.15, -0.1) is 10.2 Å². The van der Waals surface area contributed by atoms with E-state index in [1.165, 1.54) is 0 Å². The lowest BCUT2D eigenvalue weighted by Gasteiger charge is -2.08. The topological polar surface area (TPSA) is 122 Å². The molecule has 0 aliphatic carbocycles. The van der Waals surface area contributed by atoms with Crippen LogP contribution in [0.3, 0.4) is 0 Å². The van der Waals surface area contributed by atoms with Crippen LogP contribution < -0.4 is 10.9 Å². The van der Waals surface area contributed by atoms with Crippen LogP contribution in [-0.4, -0.2) is 22.6 Å². The second-order valence-corrected chi connectivity index (χ2v) is 6.65. The zero-order chi connectivity index (χ0) is 22.2. The molecule has 1 aromatic heterocycles. The fourth-order valence-corrected chi connectivity index (χ4v) is 2.89. The Kier molecular flexibility index (Phi) is 6.07. The average Bonchev–Trinajstić information content (AvgIpc) is 2.86. The minimum Gasteiger partial charge on any atom is -0.259 e. The van der Waals surface area contributed by atoms with Gasteiger partial charge in [-0.2, -0.15) is 20.7 Å². The van der Waals surface area contributed by atoms with Crippen molar-refractivity contribution in [2.75, 3.05) is 10.9 Å². The highest BCUT2D eigenvalue weighted by molar-refractivity contribution is 5.98. The normalized spacial score (nSPS) is 10.8. The predicted molar refractivity (Wildman–Crippen MR) is 124 cm³/mol. The van der Waals surface area contributed by atoms with Crippen LogP contribution in [0, 0.1) is 22.7 Å². The molecule has 1 heterocycles. The summed E-state index contributed by atoms with van der Waals surface area (Å²) in [7, 11) is 0. The molecule has 8 nitrogen and oxygen atoms in total. The van der Waals surface area contributed by atoms with Gasteiger partial charge in [0.15, 0.2) is 11.6 Å². The molecule has 0 aliphatic rings. The molecule has 0 spiro atoms. The Balaban J connectivity index is 1.50. The smallest absolute Gasteiger partial charge is 0.176 e. The van der Waals surface area contributed by atoms with Gasteiger partial charge < -0.3 is 0 Å². The van der Waals surface area contributed by atoms with E-state index in [0.29, 0.717) is 22.8 Å². The van der Waals surface area contributed by atoms with Gasteiger partial charge in [-0.05, 0) is 35.4 Å². The predicted octanol–water partition coefficient (Wildman–Crippen LogP) is 4.27.